The van der Waals surface area contributed by atoms with Crippen LogP contribution in [0.3, 0.4) is 0 Å². The summed E-state index contributed by atoms with van der Waals surface area (Å²) in [5, 5.41) is 11.1. The van der Waals surface area contributed by atoms with Crippen LogP contribution in [0.1, 0.15) is 49.0 Å². The number of rotatable bonds is 6. The van der Waals surface area contributed by atoms with Crippen molar-refractivity contribution in [2.75, 3.05) is 26.2 Å². The van der Waals surface area contributed by atoms with Gasteiger partial charge >= 0.3 is 0 Å². The van der Waals surface area contributed by atoms with Crippen molar-refractivity contribution in [3.05, 3.63) is 41.6 Å². The van der Waals surface area contributed by atoms with Gasteiger partial charge in [-0.25, -0.2) is 13.5 Å². The van der Waals surface area contributed by atoms with E-state index in [1.165, 1.54) is 31.5 Å². The second-order valence-corrected chi connectivity index (χ2v) is 8.72. The quantitative estimate of drug-likeness (QED) is 0.634. The standard InChI is InChI=1S/C23H26F2N6O/c1-2-26-23(32)17-6-5-16(21(24)22(17)25)18-11-19-20(12-27-18)31(29-28-19)15-7-9-30(10-8-15)13-14-3-4-14/h5-6,11-12,14-15H,2-4,7-10,13H2,1H3,(H,26,32). The van der Waals surface area contributed by atoms with Crippen molar-refractivity contribution in [1.29, 1.82) is 0 Å². The molecule has 1 saturated heterocycles. The van der Waals surface area contributed by atoms with Crippen molar-refractivity contribution in [2.45, 2.75) is 38.6 Å². The van der Waals surface area contributed by atoms with Gasteiger partial charge < -0.3 is 10.2 Å². The third-order valence-corrected chi connectivity index (χ3v) is 6.41. The lowest BCUT2D eigenvalue weighted by atomic mass is 10.0. The van der Waals surface area contributed by atoms with Gasteiger partial charge in [0.1, 0.15) is 11.0 Å². The van der Waals surface area contributed by atoms with Crippen LogP contribution < -0.4 is 5.32 Å². The molecule has 168 valence electrons. The van der Waals surface area contributed by atoms with E-state index in [0.717, 1.165) is 37.4 Å². The van der Waals surface area contributed by atoms with Crippen molar-refractivity contribution < 1.29 is 13.6 Å². The van der Waals surface area contributed by atoms with Crippen LogP contribution in [0.4, 0.5) is 8.78 Å². The predicted molar refractivity (Wildman–Crippen MR) is 116 cm³/mol. The molecule has 1 saturated carbocycles. The minimum absolute atomic E-state index is 0.0135. The minimum atomic E-state index is -1.18. The molecule has 0 radical (unpaired) electrons. The van der Waals surface area contributed by atoms with Gasteiger partial charge in [-0.1, -0.05) is 5.21 Å². The number of nitrogens with zero attached hydrogens (tertiary/aromatic N) is 5. The highest BCUT2D eigenvalue weighted by molar-refractivity contribution is 5.95. The first-order valence-corrected chi connectivity index (χ1v) is 11.2. The Morgan fingerprint density at radius 1 is 1.16 bits per heavy atom. The van der Waals surface area contributed by atoms with Gasteiger partial charge in [-0.15, -0.1) is 5.10 Å². The zero-order valence-electron chi connectivity index (χ0n) is 18.0. The summed E-state index contributed by atoms with van der Waals surface area (Å²) in [6.45, 7) is 5.35. The zero-order chi connectivity index (χ0) is 22.2. The van der Waals surface area contributed by atoms with Crippen molar-refractivity contribution in [3.8, 4) is 11.3 Å². The van der Waals surface area contributed by atoms with Crippen LogP contribution in [0, 0.1) is 17.6 Å². The molecule has 2 aromatic heterocycles. The van der Waals surface area contributed by atoms with Gasteiger partial charge in [0.05, 0.1) is 23.5 Å². The number of likely N-dealkylation sites (tertiary alicyclic amines) is 1. The smallest absolute Gasteiger partial charge is 0.254 e. The fourth-order valence-corrected chi connectivity index (χ4v) is 4.45. The van der Waals surface area contributed by atoms with Crippen molar-refractivity contribution in [2.24, 2.45) is 5.92 Å². The molecule has 3 aromatic rings. The lowest BCUT2D eigenvalue weighted by Gasteiger charge is -2.32. The van der Waals surface area contributed by atoms with Crippen LogP contribution in [0.2, 0.25) is 0 Å². The second-order valence-electron chi connectivity index (χ2n) is 8.72. The molecular formula is C23H26F2N6O. The van der Waals surface area contributed by atoms with Gasteiger partial charge in [0.25, 0.3) is 5.91 Å². The highest BCUT2D eigenvalue weighted by Gasteiger charge is 2.28. The van der Waals surface area contributed by atoms with E-state index in [9.17, 15) is 13.6 Å². The Balaban J connectivity index is 1.37. The molecule has 32 heavy (non-hydrogen) atoms. The number of hydrogen-bond donors (Lipinski definition) is 1. The highest BCUT2D eigenvalue weighted by Crippen LogP contribution is 2.33. The number of aromatic nitrogens is 4. The number of hydrogen-bond acceptors (Lipinski definition) is 5. The summed E-state index contributed by atoms with van der Waals surface area (Å²) in [5.41, 5.74) is 1.29. The predicted octanol–water partition coefficient (Wildman–Crippen LogP) is 3.57. The van der Waals surface area contributed by atoms with Gasteiger partial charge in [-0.3, -0.25) is 9.78 Å². The molecule has 7 nitrogen and oxygen atoms in total. The monoisotopic (exact) mass is 440 g/mol. The molecule has 0 spiro atoms. The summed E-state index contributed by atoms with van der Waals surface area (Å²) >= 11 is 0. The summed E-state index contributed by atoms with van der Waals surface area (Å²) in [5.74, 6) is -2.04. The van der Waals surface area contributed by atoms with Gasteiger partial charge in [0.2, 0.25) is 0 Å². The van der Waals surface area contributed by atoms with Crippen LogP contribution in [-0.4, -0.2) is 57.0 Å². The molecule has 0 bridgehead atoms. The van der Waals surface area contributed by atoms with Crippen LogP contribution in [0.15, 0.2) is 24.4 Å². The molecule has 2 fully saturated rings. The number of benzene rings is 1. The van der Waals surface area contributed by atoms with E-state index in [1.54, 1.807) is 19.2 Å². The summed E-state index contributed by atoms with van der Waals surface area (Å²) in [6.07, 6.45) is 6.36. The van der Waals surface area contributed by atoms with E-state index in [-0.39, 0.29) is 22.9 Å². The zero-order valence-corrected chi connectivity index (χ0v) is 18.0. The van der Waals surface area contributed by atoms with Gasteiger partial charge in [0.15, 0.2) is 11.6 Å². The number of fused-ring (bicyclic) bond motifs is 1. The third kappa shape index (κ3) is 3.97. The Labute approximate surface area is 184 Å². The van der Waals surface area contributed by atoms with Crippen LogP contribution >= 0.6 is 0 Å². The maximum Gasteiger partial charge on any atom is 0.254 e. The highest BCUT2D eigenvalue weighted by atomic mass is 19.2. The van der Waals surface area contributed by atoms with Crippen LogP contribution in [-0.2, 0) is 0 Å². The summed E-state index contributed by atoms with van der Waals surface area (Å²) in [4.78, 5) is 18.8. The van der Waals surface area contributed by atoms with E-state index in [1.807, 2.05) is 4.68 Å². The lowest BCUT2D eigenvalue weighted by molar-refractivity contribution is 0.0951. The first kappa shape index (κ1) is 20.9. The number of amides is 1. The Bertz CT molecular complexity index is 1150. The Morgan fingerprint density at radius 2 is 1.94 bits per heavy atom. The SMILES string of the molecule is CCNC(=O)c1ccc(-c2cc3nnn(C4CCN(CC5CC5)CC4)c3cn2)c(F)c1F. The molecule has 1 aliphatic carbocycles. The Kier molecular flexibility index (Phi) is 5.58. The maximum atomic E-state index is 14.7. The van der Waals surface area contributed by atoms with Crippen molar-refractivity contribution in [1.82, 2.24) is 30.2 Å². The number of nitrogens with one attached hydrogen (secondary N) is 1. The molecule has 1 N–H and O–H groups in total. The fourth-order valence-electron chi connectivity index (χ4n) is 4.45. The topological polar surface area (TPSA) is 75.9 Å². The summed E-state index contributed by atoms with van der Waals surface area (Å²) < 4.78 is 31.1. The van der Waals surface area contributed by atoms with E-state index in [4.69, 9.17) is 0 Å². The van der Waals surface area contributed by atoms with Crippen molar-refractivity contribution in [3.63, 3.8) is 0 Å². The first-order chi connectivity index (χ1) is 15.5. The number of piperidine rings is 1. The lowest BCUT2D eigenvalue weighted by Crippen LogP contribution is -2.36. The Hall–Kier alpha value is -2.94. The molecule has 3 heterocycles. The van der Waals surface area contributed by atoms with Crippen LogP contribution in [0.25, 0.3) is 22.3 Å². The molecule has 1 aromatic carbocycles. The molecule has 5 rings (SSSR count). The van der Waals surface area contributed by atoms with E-state index < -0.39 is 17.5 Å². The van der Waals surface area contributed by atoms with E-state index in [0.29, 0.717) is 12.1 Å². The molecule has 2 aliphatic rings. The van der Waals surface area contributed by atoms with E-state index in [2.05, 4.69) is 25.5 Å². The van der Waals surface area contributed by atoms with Gasteiger partial charge in [-0.2, -0.15) is 0 Å². The molecular weight excluding hydrogens is 414 g/mol. The molecule has 9 heteroatoms. The van der Waals surface area contributed by atoms with Gasteiger partial charge in [-0.05, 0) is 56.7 Å². The summed E-state index contributed by atoms with van der Waals surface area (Å²) in [6, 6.07) is 4.52. The molecule has 1 aliphatic heterocycles. The second kappa shape index (κ2) is 8.54. The normalized spacial score (nSPS) is 17.7. The summed E-state index contributed by atoms with van der Waals surface area (Å²) in [7, 11) is 0. The Morgan fingerprint density at radius 3 is 2.66 bits per heavy atom. The third-order valence-electron chi connectivity index (χ3n) is 6.41. The average Bonchev–Trinajstić information content (AvgIpc) is 3.51. The van der Waals surface area contributed by atoms with Gasteiger partial charge in [0, 0.05) is 31.7 Å². The van der Waals surface area contributed by atoms with Crippen molar-refractivity contribution >= 4 is 16.9 Å². The largest absolute Gasteiger partial charge is 0.352 e. The van der Waals surface area contributed by atoms with Crippen LogP contribution in [0.5, 0.6) is 0 Å². The molecule has 0 unspecified atom stereocenters. The fraction of sp³-hybridized carbons (Fsp3) is 0.478. The number of carbonyl (C=O) groups is 1. The average molecular weight is 440 g/mol. The minimum Gasteiger partial charge on any atom is -0.352 e. The molecule has 1 amide bonds. The first-order valence-electron chi connectivity index (χ1n) is 11.2. The van der Waals surface area contributed by atoms with E-state index >= 15 is 0 Å². The number of halogens is 2. The maximum absolute atomic E-state index is 14.7. The number of pyridine rings is 1. The molecule has 0 atom stereocenters. The number of carbonyl (C=O) groups excluding carboxylic acids is 1.